The summed E-state index contributed by atoms with van der Waals surface area (Å²) in [6.45, 7) is 0. The monoisotopic (exact) mass is 662 g/mol. The number of benzene rings is 2. The molecule has 0 spiro atoms. The Balaban J connectivity index is 1.46. The first-order valence-corrected chi connectivity index (χ1v) is 15.5. The molecule has 3 aromatic heterocycles. The van der Waals surface area contributed by atoms with E-state index < -0.39 is 34.4 Å². The fourth-order valence-corrected chi connectivity index (χ4v) is 5.45. The number of halogens is 1. The number of aryl methyl sites for hydroxylation is 1. The van der Waals surface area contributed by atoms with Crippen molar-refractivity contribution in [2.75, 3.05) is 18.7 Å². The van der Waals surface area contributed by atoms with Gasteiger partial charge in [-0.15, -0.1) is 5.10 Å². The molecule has 0 aliphatic carbocycles. The smallest absolute Gasteiger partial charge is 0.411 e. The molecule has 0 saturated carbocycles. The second-order valence-electron chi connectivity index (χ2n) is 9.84. The first kappa shape index (κ1) is 31.9. The lowest BCUT2D eigenvalue weighted by atomic mass is 10.0. The summed E-state index contributed by atoms with van der Waals surface area (Å²) >= 11 is 6.21. The van der Waals surface area contributed by atoms with Gasteiger partial charge in [-0.1, -0.05) is 23.7 Å². The Morgan fingerprint density at radius 3 is 2.61 bits per heavy atom. The molecule has 3 N–H and O–H groups in total. The van der Waals surface area contributed by atoms with Crippen LogP contribution in [0.2, 0.25) is 5.02 Å². The number of nitrogens with zero attached hydrogens (tertiary/aromatic N) is 7. The number of aromatic amines is 1. The standard InChI is InChI=1S/C29H27ClN10O5S/c1-39-27(46(3)44)14-21(36-39)13-23(33-26(41)11-6-18-12-19(30)7-10-25(18)40-16-31-37-38-40)24-15-22(28(42)35-34-24)17-4-8-20(9-5-17)32-29(43)45-2/h4-12,14-16,23H,13H2,1-3H3,(H,32,43)(H,33,41)(H,35,42)/t23?,46-/m0/s1. The highest BCUT2D eigenvalue weighted by Gasteiger charge is 2.21. The average molecular weight is 663 g/mol. The van der Waals surface area contributed by atoms with Gasteiger partial charge >= 0.3 is 6.09 Å². The summed E-state index contributed by atoms with van der Waals surface area (Å²) in [4.78, 5) is 37.7. The summed E-state index contributed by atoms with van der Waals surface area (Å²) in [5.41, 5.74) is 2.92. The topological polar surface area (TPSA) is 192 Å². The first-order chi connectivity index (χ1) is 22.1. The van der Waals surface area contributed by atoms with Gasteiger partial charge in [-0.25, -0.2) is 9.89 Å². The van der Waals surface area contributed by atoms with Crippen LogP contribution in [0.25, 0.3) is 22.9 Å². The van der Waals surface area contributed by atoms with Crippen LogP contribution in [0, 0.1) is 0 Å². The predicted molar refractivity (Wildman–Crippen MR) is 170 cm³/mol. The van der Waals surface area contributed by atoms with Crippen LogP contribution in [0.4, 0.5) is 10.5 Å². The highest BCUT2D eigenvalue weighted by molar-refractivity contribution is 7.84. The van der Waals surface area contributed by atoms with E-state index in [0.29, 0.717) is 43.9 Å². The van der Waals surface area contributed by atoms with Crippen molar-refractivity contribution in [1.29, 1.82) is 0 Å². The maximum atomic E-state index is 13.3. The van der Waals surface area contributed by atoms with Crippen molar-refractivity contribution in [1.82, 2.24) is 45.5 Å². The van der Waals surface area contributed by atoms with E-state index in [0.717, 1.165) is 0 Å². The molecule has 15 nitrogen and oxygen atoms in total. The van der Waals surface area contributed by atoms with Gasteiger partial charge in [0.1, 0.15) is 11.4 Å². The number of tetrazole rings is 1. The number of anilines is 1. The van der Waals surface area contributed by atoms with Crippen LogP contribution in [0.3, 0.4) is 0 Å². The first-order valence-electron chi connectivity index (χ1n) is 13.5. The largest absolute Gasteiger partial charge is 0.453 e. The van der Waals surface area contributed by atoms with Crippen LogP contribution in [-0.2, 0) is 33.8 Å². The van der Waals surface area contributed by atoms with E-state index in [1.54, 1.807) is 74.0 Å². The maximum Gasteiger partial charge on any atom is 0.411 e. The van der Waals surface area contributed by atoms with Gasteiger partial charge in [0.2, 0.25) is 5.91 Å². The molecule has 236 valence electrons. The van der Waals surface area contributed by atoms with Gasteiger partial charge in [0.25, 0.3) is 5.56 Å². The SMILES string of the molecule is COC(=O)Nc1ccc(-c2cc(C(Cc3cc([S@](C)=O)n(C)n3)NC(=O)C=Cc3cc(Cl)ccc3-n3cnnn3)n[nH]c2=O)cc1. The van der Waals surface area contributed by atoms with Crippen LogP contribution >= 0.6 is 11.6 Å². The number of methoxy groups -OCH3 is 1. The molecule has 3 heterocycles. The van der Waals surface area contributed by atoms with Gasteiger partial charge in [-0.2, -0.15) is 14.9 Å². The molecule has 17 heteroatoms. The molecular weight excluding hydrogens is 636 g/mol. The third-order valence-corrected chi connectivity index (χ3v) is 7.93. The third-order valence-electron chi connectivity index (χ3n) is 6.72. The van der Waals surface area contributed by atoms with E-state index in [1.807, 2.05) is 0 Å². The normalized spacial score (nSPS) is 12.5. The van der Waals surface area contributed by atoms with Crippen molar-refractivity contribution in [3.63, 3.8) is 0 Å². The van der Waals surface area contributed by atoms with Crippen LogP contribution in [0.1, 0.15) is 23.0 Å². The van der Waals surface area contributed by atoms with Gasteiger partial charge in [0, 0.05) is 42.1 Å². The summed E-state index contributed by atoms with van der Waals surface area (Å²) in [5, 5.41) is 28.9. The Morgan fingerprint density at radius 2 is 1.93 bits per heavy atom. The van der Waals surface area contributed by atoms with Gasteiger partial charge in [-0.3, -0.25) is 23.8 Å². The zero-order valence-electron chi connectivity index (χ0n) is 24.7. The quantitative estimate of drug-likeness (QED) is 0.187. The molecule has 5 rings (SSSR count). The second-order valence-corrected chi connectivity index (χ2v) is 11.6. The fraction of sp³-hybridized carbons (Fsp3) is 0.172. The fourth-order valence-electron chi connectivity index (χ4n) is 4.55. The van der Waals surface area contributed by atoms with Crippen molar-refractivity contribution >= 4 is 46.2 Å². The van der Waals surface area contributed by atoms with Gasteiger partial charge in [0.15, 0.2) is 0 Å². The number of carbonyl (C=O) groups excluding carboxylic acids is 2. The molecule has 0 fully saturated rings. The maximum absolute atomic E-state index is 13.3. The van der Waals surface area contributed by atoms with Crippen LogP contribution in [0.5, 0.6) is 0 Å². The summed E-state index contributed by atoms with van der Waals surface area (Å²) in [7, 11) is 1.64. The predicted octanol–water partition coefficient (Wildman–Crippen LogP) is 2.83. The number of ether oxygens (including phenoxy) is 1. The minimum Gasteiger partial charge on any atom is -0.453 e. The number of carbonyl (C=O) groups is 2. The van der Waals surface area contributed by atoms with E-state index in [-0.39, 0.29) is 12.0 Å². The van der Waals surface area contributed by atoms with Crippen molar-refractivity contribution in [3.8, 4) is 16.8 Å². The van der Waals surface area contributed by atoms with Crippen molar-refractivity contribution in [2.24, 2.45) is 7.05 Å². The lowest BCUT2D eigenvalue weighted by Crippen LogP contribution is -2.30. The number of hydrogen-bond acceptors (Lipinski definition) is 10. The Kier molecular flexibility index (Phi) is 9.78. The molecule has 2 amide bonds. The molecule has 2 atom stereocenters. The van der Waals surface area contributed by atoms with Crippen LogP contribution in [0.15, 0.2) is 76.8 Å². The molecule has 0 aliphatic rings. The van der Waals surface area contributed by atoms with Crippen LogP contribution in [-0.4, -0.2) is 69.8 Å². The number of amides is 2. The highest BCUT2D eigenvalue weighted by Crippen LogP contribution is 2.24. The summed E-state index contributed by atoms with van der Waals surface area (Å²) < 4.78 is 19.7. The van der Waals surface area contributed by atoms with Crippen molar-refractivity contribution in [3.05, 3.63) is 99.3 Å². The molecule has 0 aliphatic heterocycles. The lowest BCUT2D eigenvalue weighted by Gasteiger charge is -2.17. The highest BCUT2D eigenvalue weighted by atomic mass is 35.5. The molecule has 5 aromatic rings. The van der Waals surface area contributed by atoms with Crippen LogP contribution < -0.4 is 16.2 Å². The second kappa shape index (κ2) is 14.1. The van der Waals surface area contributed by atoms with Gasteiger partial charge < -0.3 is 10.1 Å². The minimum absolute atomic E-state index is 0.165. The Hall–Kier alpha value is -5.48. The molecule has 2 aromatic carbocycles. The zero-order chi connectivity index (χ0) is 32.8. The van der Waals surface area contributed by atoms with Gasteiger partial charge in [0.05, 0.1) is 46.6 Å². The number of rotatable bonds is 10. The zero-order valence-corrected chi connectivity index (χ0v) is 26.2. The number of nitrogens with one attached hydrogen (secondary N) is 3. The molecular formula is C29H27ClN10O5S. The molecule has 0 saturated heterocycles. The molecule has 0 radical (unpaired) electrons. The summed E-state index contributed by atoms with van der Waals surface area (Å²) in [6, 6.07) is 14.1. The van der Waals surface area contributed by atoms with E-state index >= 15 is 0 Å². The third kappa shape index (κ3) is 7.59. The van der Waals surface area contributed by atoms with E-state index in [4.69, 9.17) is 11.6 Å². The number of aromatic nitrogens is 8. The van der Waals surface area contributed by atoms with E-state index in [9.17, 15) is 18.6 Å². The Labute approximate surface area is 269 Å². The number of H-pyrrole nitrogens is 1. The number of hydrogen-bond donors (Lipinski definition) is 3. The van der Waals surface area contributed by atoms with E-state index in [1.165, 1.54) is 28.9 Å². The molecule has 46 heavy (non-hydrogen) atoms. The lowest BCUT2D eigenvalue weighted by molar-refractivity contribution is -0.117. The van der Waals surface area contributed by atoms with Gasteiger partial charge in [-0.05, 0) is 64.5 Å². The Morgan fingerprint density at radius 1 is 1.15 bits per heavy atom. The summed E-state index contributed by atoms with van der Waals surface area (Å²) in [6.07, 6.45) is 5.41. The van der Waals surface area contributed by atoms with E-state index in [2.05, 4.69) is 46.2 Å². The van der Waals surface area contributed by atoms with Crippen molar-refractivity contribution < 1.29 is 18.5 Å². The summed E-state index contributed by atoms with van der Waals surface area (Å²) in [5.74, 6) is -0.476. The minimum atomic E-state index is -1.29. The van der Waals surface area contributed by atoms with Crippen molar-refractivity contribution in [2.45, 2.75) is 17.5 Å². The average Bonchev–Trinajstić information content (AvgIpc) is 3.70. The Bertz CT molecular complexity index is 1990. The molecule has 1 unspecified atom stereocenters. The molecule has 0 bridgehead atoms.